The lowest BCUT2D eigenvalue weighted by molar-refractivity contribution is 0.0303. The predicted molar refractivity (Wildman–Crippen MR) is 109 cm³/mol. The molecule has 0 spiro atoms. The molecule has 3 unspecified atom stereocenters. The van der Waals surface area contributed by atoms with Gasteiger partial charge in [0.2, 0.25) is 0 Å². The van der Waals surface area contributed by atoms with E-state index < -0.39 is 0 Å². The minimum Gasteiger partial charge on any atom is -0.508 e. The minimum absolute atomic E-state index is 0.00625. The number of nitrogens with one attached hydrogen (secondary N) is 1. The maximum Gasteiger partial charge on any atom is 0.256 e. The highest BCUT2D eigenvalue weighted by Gasteiger charge is 2.40. The van der Waals surface area contributed by atoms with Crippen LogP contribution in [0.4, 0.5) is 5.69 Å². The van der Waals surface area contributed by atoms with E-state index in [9.17, 15) is 15.0 Å². The molecule has 2 aromatic carbocycles. The molecule has 1 saturated heterocycles. The molecule has 29 heavy (non-hydrogen) atoms. The number of phenolic OH excluding ortho intramolecular Hbond substituents is 2. The number of phenols is 2. The number of nitrogens with zero attached hydrogens (tertiary/aromatic N) is 1. The van der Waals surface area contributed by atoms with Crippen molar-refractivity contribution < 1.29 is 19.7 Å². The third-order valence-electron chi connectivity index (χ3n) is 6.27. The SMILES string of the molecule is O=C(c1cccc2c1NC(c1ccc(O)cc1O)C1CC=CC21)N1CCOCC1. The zero-order chi connectivity index (χ0) is 20.0. The number of rotatable bonds is 2. The van der Waals surface area contributed by atoms with Gasteiger partial charge in [0.25, 0.3) is 5.91 Å². The van der Waals surface area contributed by atoms with Crippen molar-refractivity contribution in [1.82, 2.24) is 4.90 Å². The smallest absolute Gasteiger partial charge is 0.256 e. The van der Waals surface area contributed by atoms with Gasteiger partial charge in [-0.15, -0.1) is 0 Å². The van der Waals surface area contributed by atoms with Gasteiger partial charge in [0, 0.05) is 30.6 Å². The van der Waals surface area contributed by atoms with E-state index in [0.717, 1.165) is 23.2 Å². The van der Waals surface area contributed by atoms with Crippen LogP contribution >= 0.6 is 0 Å². The molecule has 5 rings (SSSR count). The number of ether oxygens (including phenoxy) is 1. The molecule has 1 amide bonds. The topological polar surface area (TPSA) is 82.0 Å². The van der Waals surface area contributed by atoms with Gasteiger partial charge in [-0.1, -0.05) is 24.3 Å². The van der Waals surface area contributed by atoms with Crippen molar-refractivity contribution in [3.8, 4) is 11.5 Å². The van der Waals surface area contributed by atoms with Gasteiger partial charge in [-0.3, -0.25) is 4.79 Å². The number of benzene rings is 2. The summed E-state index contributed by atoms with van der Waals surface area (Å²) in [5.41, 5.74) is 3.36. The third kappa shape index (κ3) is 3.04. The van der Waals surface area contributed by atoms with E-state index >= 15 is 0 Å². The summed E-state index contributed by atoms with van der Waals surface area (Å²) in [5, 5.41) is 23.7. The highest BCUT2D eigenvalue weighted by Crippen LogP contribution is 2.52. The molecule has 3 N–H and O–H groups in total. The Morgan fingerprint density at radius 1 is 1.10 bits per heavy atom. The van der Waals surface area contributed by atoms with Crippen molar-refractivity contribution in [2.24, 2.45) is 5.92 Å². The van der Waals surface area contributed by atoms with Crippen molar-refractivity contribution in [1.29, 1.82) is 0 Å². The molecular weight excluding hydrogens is 368 g/mol. The number of carbonyl (C=O) groups excluding carboxylic acids is 1. The molecule has 1 aliphatic carbocycles. The van der Waals surface area contributed by atoms with Gasteiger partial charge in [-0.05, 0) is 36.1 Å². The van der Waals surface area contributed by atoms with Gasteiger partial charge in [0.15, 0.2) is 0 Å². The van der Waals surface area contributed by atoms with Gasteiger partial charge < -0.3 is 25.2 Å². The zero-order valence-corrected chi connectivity index (χ0v) is 16.0. The number of morpholine rings is 1. The fourth-order valence-electron chi connectivity index (χ4n) is 4.84. The second-order valence-corrected chi connectivity index (χ2v) is 7.89. The van der Waals surface area contributed by atoms with E-state index in [-0.39, 0.29) is 35.3 Å². The first kappa shape index (κ1) is 18.1. The molecule has 2 aliphatic heterocycles. The number of hydrogen-bond donors (Lipinski definition) is 3. The Morgan fingerprint density at radius 2 is 1.93 bits per heavy atom. The van der Waals surface area contributed by atoms with E-state index in [1.165, 1.54) is 6.07 Å². The van der Waals surface area contributed by atoms with Gasteiger partial charge in [0.05, 0.1) is 30.5 Å². The van der Waals surface area contributed by atoms with Crippen molar-refractivity contribution in [3.05, 3.63) is 65.2 Å². The summed E-state index contributed by atoms with van der Waals surface area (Å²) in [4.78, 5) is 15.1. The highest BCUT2D eigenvalue weighted by molar-refractivity contribution is 6.01. The Bertz CT molecular complexity index is 981. The molecule has 6 heteroatoms. The Labute approximate surface area is 169 Å². The van der Waals surface area contributed by atoms with E-state index in [1.807, 2.05) is 17.0 Å². The fourth-order valence-corrected chi connectivity index (χ4v) is 4.84. The molecule has 6 nitrogen and oxygen atoms in total. The largest absolute Gasteiger partial charge is 0.508 e. The van der Waals surface area contributed by atoms with Crippen LogP contribution in [0.5, 0.6) is 11.5 Å². The number of para-hydroxylation sites is 1. The summed E-state index contributed by atoms with van der Waals surface area (Å²) in [6.07, 6.45) is 5.27. The maximum atomic E-state index is 13.2. The first-order valence-electron chi connectivity index (χ1n) is 10.1. The normalized spacial score (nSPS) is 25.2. The summed E-state index contributed by atoms with van der Waals surface area (Å²) >= 11 is 0. The van der Waals surface area contributed by atoms with E-state index in [1.54, 1.807) is 12.1 Å². The molecule has 3 atom stereocenters. The molecule has 150 valence electrons. The van der Waals surface area contributed by atoms with Crippen molar-refractivity contribution in [3.63, 3.8) is 0 Å². The number of fused-ring (bicyclic) bond motifs is 3. The Kier molecular flexibility index (Phi) is 4.43. The molecule has 0 radical (unpaired) electrons. The van der Waals surface area contributed by atoms with Gasteiger partial charge in [-0.25, -0.2) is 0 Å². The predicted octanol–water partition coefficient (Wildman–Crippen LogP) is 3.40. The number of anilines is 1. The van der Waals surface area contributed by atoms with Crippen LogP contribution in [0.25, 0.3) is 0 Å². The Morgan fingerprint density at radius 3 is 2.72 bits per heavy atom. The minimum atomic E-state index is -0.151. The third-order valence-corrected chi connectivity index (χ3v) is 6.27. The first-order valence-corrected chi connectivity index (χ1v) is 10.1. The summed E-state index contributed by atoms with van der Waals surface area (Å²) in [5.74, 6) is 0.528. The van der Waals surface area contributed by atoms with Crippen LogP contribution in [0.1, 0.15) is 39.9 Å². The molecule has 1 fully saturated rings. The average Bonchev–Trinajstić information content (AvgIpc) is 3.23. The standard InChI is InChI=1S/C23H24N2O4/c26-14-7-8-18(20(27)13-14)21-16-4-1-3-15(16)17-5-2-6-19(22(17)24-21)23(28)25-9-11-29-12-10-25/h1-3,5-8,13,15-16,21,24,26-27H,4,9-12H2. The number of carbonyl (C=O) groups is 1. The molecule has 2 heterocycles. The molecule has 3 aliphatic rings. The van der Waals surface area contributed by atoms with Crippen LogP contribution in [-0.2, 0) is 4.74 Å². The van der Waals surface area contributed by atoms with Crippen LogP contribution in [0.2, 0.25) is 0 Å². The number of aromatic hydroxyl groups is 2. The summed E-state index contributed by atoms with van der Waals surface area (Å²) < 4.78 is 5.39. The maximum absolute atomic E-state index is 13.2. The summed E-state index contributed by atoms with van der Waals surface area (Å²) in [6, 6.07) is 10.5. The lowest BCUT2D eigenvalue weighted by Crippen LogP contribution is -2.41. The molecule has 0 aromatic heterocycles. The summed E-state index contributed by atoms with van der Waals surface area (Å²) in [7, 11) is 0. The Hall–Kier alpha value is -2.99. The van der Waals surface area contributed by atoms with E-state index in [4.69, 9.17) is 4.74 Å². The van der Waals surface area contributed by atoms with Crippen LogP contribution in [0.3, 0.4) is 0 Å². The first-order chi connectivity index (χ1) is 14.1. The van der Waals surface area contributed by atoms with Crippen molar-refractivity contribution >= 4 is 11.6 Å². The van der Waals surface area contributed by atoms with Crippen LogP contribution in [0.15, 0.2) is 48.6 Å². The van der Waals surface area contributed by atoms with Crippen LogP contribution < -0.4 is 5.32 Å². The summed E-state index contributed by atoms with van der Waals surface area (Å²) in [6.45, 7) is 2.31. The number of amides is 1. The fraction of sp³-hybridized carbons (Fsp3) is 0.348. The average molecular weight is 392 g/mol. The Balaban J connectivity index is 1.57. The second-order valence-electron chi connectivity index (χ2n) is 7.89. The van der Waals surface area contributed by atoms with Gasteiger partial charge in [0.1, 0.15) is 11.5 Å². The van der Waals surface area contributed by atoms with Crippen LogP contribution in [-0.4, -0.2) is 47.3 Å². The molecule has 2 aromatic rings. The quantitative estimate of drug-likeness (QED) is 0.683. The number of allylic oxidation sites excluding steroid dienone is 2. The van der Waals surface area contributed by atoms with Crippen LogP contribution in [0, 0.1) is 5.92 Å². The molecule has 0 saturated carbocycles. The van der Waals surface area contributed by atoms with Crippen molar-refractivity contribution in [2.75, 3.05) is 31.6 Å². The lowest BCUT2D eigenvalue weighted by Gasteiger charge is -2.39. The van der Waals surface area contributed by atoms with E-state index in [0.29, 0.717) is 31.9 Å². The van der Waals surface area contributed by atoms with E-state index in [2.05, 4.69) is 23.5 Å². The highest BCUT2D eigenvalue weighted by atomic mass is 16.5. The monoisotopic (exact) mass is 392 g/mol. The number of hydrogen-bond acceptors (Lipinski definition) is 5. The molecule has 0 bridgehead atoms. The molecular formula is C23H24N2O4. The lowest BCUT2D eigenvalue weighted by atomic mass is 9.76. The zero-order valence-electron chi connectivity index (χ0n) is 16.0. The van der Waals surface area contributed by atoms with Gasteiger partial charge in [-0.2, -0.15) is 0 Å². The van der Waals surface area contributed by atoms with Gasteiger partial charge >= 0.3 is 0 Å². The van der Waals surface area contributed by atoms with Crippen molar-refractivity contribution in [2.45, 2.75) is 18.4 Å². The second kappa shape index (κ2) is 7.12.